The first-order valence-corrected chi connectivity index (χ1v) is 9.27. The Kier molecular flexibility index (Phi) is 3.48. The Hall–Kier alpha value is -0.640. The SMILES string of the molecule is CCCCC1CC(C)CC(n2n3n2C2CCCCC23)C1O. The third-order valence-corrected chi connectivity index (χ3v) is 6.34. The maximum absolute atomic E-state index is 10.9. The molecule has 120 valence electrons. The lowest BCUT2D eigenvalue weighted by Crippen LogP contribution is -2.37. The number of hydrogen-bond acceptors (Lipinski definition) is 1. The molecular formula is C17H31N3O. The van der Waals surface area contributed by atoms with Crippen LogP contribution in [-0.2, 0) is 0 Å². The predicted molar refractivity (Wildman–Crippen MR) is 83.4 cm³/mol. The highest BCUT2D eigenvalue weighted by Crippen LogP contribution is 2.52. The summed E-state index contributed by atoms with van der Waals surface area (Å²) in [6.45, 7) is 4.63. The summed E-state index contributed by atoms with van der Waals surface area (Å²) in [4.78, 5) is 7.37. The van der Waals surface area contributed by atoms with Gasteiger partial charge in [0.2, 0.25) is 0 Å². The number of aliphatic hydroxyl groups excluding tert-OH is 1. The van der Waals surface area contributed by atoms with Crippen molar-refractivity contribution >= 4 is 0 Å². The molecule has 0 spiro atoms. The fraction of sp³-hybridized carbons (Fsp3) is 1.00. The van der Waals surface area contributed by atoms with Crippen LogP contribution in [0.2, 0.25) is 0 Å². The average molecular weight is 293 g/mol. The third-order valence-electron chi connectivity index (χ3n) is 6.34. The van der Waals surface area contributed by atoms with Crippen molar-refractivity contribution in [1.82, 2.24) is 14.4 Å². The van der Waals surface area contributed by atoms with Crippen LogP contribution >= 0.6 is 0 Å². The summed E-state index contributed by atoms with van der Waals surface area (Å²) in [6.07, 6.45) is 11.5. The number of nitrogens with zero attached hydrogens (tertiary/aromatic N) is 3. The van der Waals surface area contributed by atoms with Crippen LogP contribution < -0.4 is 0 Å². The van der Waals surface area contributed by atoms with Gasteiger partial charge in [-0.1, -0.05) is 39.5 Å². The monoisotopic (exact) mass is 293 g/mol. The van der Waals surface area contributed by atoms with Gasteiger partial charge in [-0.25, -0.2) is 0 Å². The van der Waals surface area contributed by atoms with Gasteiger partial charge in [-0.05, 0) is 43.9 Å². The molecule has 1 N–H and O–H groups in total. The van der Waals surface area contributed by atoms with Gasteiger partial charge >= 0.3 is 0 Å². The molecule has 3 aliphatic rings. The maximum Gasteiger partial charge on any atom is 0.0972 e. The zero-order valence-corrected chi connectivity index (χ0v) is 13.6. The molecule has 0 saturated heterocycles. The van der Waals surface area contributed by atoms with Crippen molar-refractivity contribution in [1.29, 1.82) is 0 Å². The molecule has 1 aliphatic heterocycles. The first-order chi connectivity index (χ1) is 10.2. The van der Waals surface area contributed by atoms with Crippen molar-refractivity contribution in [3.8, 4) is 0 Å². The summed E-state index contributed by atoms with van der Waals surface area (Å²) in [5, 5.41) is 10.9. The van der Waals surface area contributed by atoms with E-state index in [1.54, 1.807) is 0 Å². The molecule has 0 radical (unpaired) electrons. The molecule has 6 atom stereocenters. The van der Waals surface area contributed by atoms with E-state index in [-0.39, 0.29) is 6.10 Å². The second-order valence-corrected chi connectivity index (χ2v) is 7.92. The van der Waals surface area contributed by atoms with E-state index in [4.69, 9.17) is 0 Å². The number of rotatable bonds is 4. The zero-order valence-electron chi connectivity index (χ0n) is 13.6. The summed E-state index contributed by atoms with van der Waals surface area (Å²) < 4.78 is 0. The third kappa shape index (κ3) is 2.13. The van der Waals surface area contributed by atoms with Gasteiger partial charge in [0.25, 0.3) is 0 Å². The first-order valence-electron chi connectivity index (χ1n) is 9.27. The van der Waals surface area contributed by atoms with E-state index in [2.05, 4.69) is 28.2 Å². The normalized spacial score (nSPS) is 42.4. The molecule has 4 rings (SSSR count). The Bertz CT molecular complexity index is 461. The smallest absolute Gasteiger partial charge is 0.0972 e. The van der Waals surface area contributed by atoms with Gasteiger partial charge in [0.1, 0.15) is 0 Å². The largest absolute Gasteiger partial charge is 0.391 e. The highest BCUT2D eigenvalue weighted by Gasteiger charge is 2.52. The number of unbranched alkanes of at least 4 members (excludes halogenated alkanes) is 1. The lowest BCUT2D eigenvalue weighted by atomic mass is 9.75. The first kappa shape index (κ1) is 14.0. The van der Waals surface area contributed by atoms with Crippen molar-refractivity contribution in [2.75, 3.05) is 0 Å². The minimum atomic E-state index is -0.125. The standard InChI is InChI=1S/C17H31N3O/c1-3-4-7-13-10-12(2)11-16(17(13)21)20-18-14-8-5-6-9-15(14)19(18)20/h12-17,21H,3-11H2,1-2H3. The van der Waals surface area contributed by atoms with Gasteiger partial charge < -0.3 is 5.11 Å². The fourth-order valence-corrected chi connectivity index (χ4v) is 5.24. The van der Waals surface area contributed by atoms with E-state index in [9.17, 15) is 5.11 Å². The van der Waals surface area contributed by atoms with E-state index < -0.39 is 0 Å². The summed E-state index contributed by atoms with van der Waals surface area (Å²) >= 11 is 0. The molecule has 0 aromatic carbocycles. The van der Waals surface area contributed by atoms with Gasteiger partial charge in [0, 0.05) is 0 Å². The molecule has 4 nitrogen and oxygen atoms in total. The topological polar surface area (TPSA) is 35.0 Å². The summed E-state index contributed by atoms with van der Waals surface area (Å²) in [5.74, 6) is 1.27. The summed E-state index contributed by atoms with van der Waals surface area (Å²) in [7, 11) is 0. The lowest BCUT2D eigenvalue weighted by molar-refractivity contribution is -0.00155. The summed E-state index contributed by atoms with van der Waals surface area (Å²) in [5.41, 5.74) is 0. The van der Waals surface area contributed by atoms with Gasteiger partial charge in [-0.2, -0.15) is 14.4 Å². The van der Waals surface area contributed by atoms with Crippen LogP contribution in [0.4, 0.5) is 0 Å². The summed E-state index contributed by atoms with van der Waals surface area (Å²) in [6, 6.07) is 1.87. The van der Waals surface area contributed by atoms with Crippen molar-refractivity contribution in [2.45, 2.75) is 95.9 Å². The van der Waals surface area contributed by atoms with Crippen molar-refractivity contribution < 1.29 is 5.11 Å². The van der Waals surface area contributed by atoms with E-state index >= 15 is 0 Å². The molecule has 2 aliphatic carbocycles. The number of fused-ring (bicyclic) bond motifs is 4. The van der Waals surface area contributed by atoms with E-state index in [0.717, 1.165) is 24.4 Å². The van der Waals surface area contributed by atoms with E-state index in [0.29, 0.717) is 12.0 Å². The van der Waals surface area contributed by atoms with Crippen molar-refractivity contribution in [3.63, 3.8) is 0 Å². The van der Waals surface area contributed by atoms with Gasteiger partial charge in [-0.15, -0.1) is 0 Å². The quantitative estimate of drug-likeness (QED) is 0.897. The van der Waals surface area contributed by atoms with Crippen LogP contribution in [0.3, 0.4) is 0 Å². The predicted octanol–water partition coefficient (Wildman–Crippen LogP) is 3.90. The highest BCUT2D eigenvalue weighted by atomic mass is 16.3. The minimum absolute atomic E-state index is 0.125. The Morgan fingerprint density at radius 1 is 0.952 bits per heavy atom. The zero-order chi connectivity index (χ0) is 14.6. The molecular weight excluding hydrogens is 262 g/mol. The Morgan fingerprint density at radius 3 is 2.19 bits per heavy atom. The average Bonchev–Trinajstić information content (AvgIpc) is 3.14. The maximum atomic E-state index is 10.9. The van der Waals surface area contributed by atoms with Crippen LogP contribution in [0.5, 0.6) is 0 Å². The van der Waals surface area contributed by atoms with Gasteiger partial charge in [-0.3, -0.25) is 0 Å². The van der Waals surface area contributed by atoms with Crippen molar-refractivity contribution in [2.24, 2.45) is 11.8 Å². The van der Waals surface area contributed by atoms with Crippen LogP contribution in [0.25, 0.3) is 0 Å². The number of aromatic nitrogens is 3. The van der Waals surface area contributed by atoms with Crippen LogP contribution in [0, 0.1) is 11.8 Å². The Labute approximate surface area is 128 Å². The molecule has 0 bridgehead atoms. The second kappa shape index (κ2) is 5.22. The van der Waals surface area contributed by atoms with Crippen LogP contribution in [0.15, 0.2) is 0 Å². The molecule has 6 unspecified atom stereocenters. The molecule has 21 heavy (non-hydrogen) atoms. The highest BCUT2D eigenvalue weighted by molar-refractivity contribution is 4.99. The van der Waals surface area contributed by atoms with Gasteiger partial charge in [0.05, 0.1) is 24.2 Å². The van der Waals surface area contributed by atoms with E-state index in [1.807, 2.05) is 0 Å². The Balaban J connectivity index is 1.49. The Morgan fingerprint density at radius 2 is 1.57 bits per heavy atom. The molecule has 1 aromatic rings. The molecule has 2 fully saturated rings. The second-order valence-electron chi connectivity index (χ2n) is 7.92. The van der Waals surface area contributed by atoms with E-state index in [1.165, 1.54) is 51.4 Å². The molecule has 2 heterocycles. The number of aliphatic hydroxyl groups is 1. The molecule has 4 heteroatoms. The minimum Gasteiger partial charge on any atom is -0.391 e. The fourth-order valence-electron chi connectivity index (χ4n) is 5.24. The van der Waals surface area contributed by atoms with Crippen molar-refractivity contribution in [3.05, 3.63) is 0 Å². The molecule has 0 amide bonds. The lowest BCUT2D eigenvalue weighted by Gasteiger charge is -2.36. The van der Waals surface area contributed by atoms with Crippen LogP contribution in [0.1, 0.15) is 89.8 Å². The molecule has 1 aromatic heterocycles. The molecule has 2 saturated carbocycles. The van der Waals surface area contributed by atoms with Crippen LogP contribution in [-0.4, -0.2) is 25.6 Å². The van der Waals surface area contributed by atoms with Gasteiger partial charge in [0.15, 0.2) is 0 Å². The number of hydrogen-bond donors (Lipinski definition) is 1.